The van der Waals surface area contributed by atoms with Gasteiger partial charge in [0.25, 0.3) is 0 Å². The van der Waals surface area contributed by atoms with Gasteiger partial charge >= 0.3 is 5.97 Å². The summed E-state index contributed by atoms with van der Waals surface area (Å²) in [6.45, 7) is 2.86. The number of aromatic nitrogens is 1. The molecule has 0 radical (unpaired) electrons. The third-order valence-corrected chi connectivity index (χ3v) is 3.10. The van der Waals surface area contributed by atoms with Crippen LogP contribution < -0.4 is 4.74 Å². The number of H-pyrrole nitrogens is 1. The number of aliphatic carboxylic acids is 1. The summed E-state index contributed by atoms with van der Waals surface area (Å²) in [6.07, 6.45) is 5.15. The Kier molecular flexibility index (Phi) is 4.44. The second-order valence-corrected chi connectivity index (χ2v) is 4.65. The van der Waals surface area contributed by atoms with E-state index in [0.29, 0.717) is 6.61 Å². The average Bonchev–Trinajstić information content (AvgIpc) is 2.77. The standard InChI is InChI=1S/C15H19NO3/c1-2-3-4-7-19-12-5-6-14-13(9-12)11(10-16-14)8-15(17)18/h5-6,9-10,16H,2-4,7-8H2,1H3,(H,17,18). The van der Waals surface area contributed by atoms with E-state index >= 15 is 0 Å². The number of carboxylic acids is 1. The van der Waals surface area contributed by atoms with E-state index in [9.17, 15) is 4.79 Å². The van der Waals surface area contributed by atoms with Gasteiger partial charge in [0, 0.05) is 17.1 Å². The first-order valence-electron chi connectivity index (χ1n) is 6.65. The van der Waals surface area contributed by atoms with E-state index in [4.69, 9.17) is 9.84 Å². The zero-order valence-corrected chi connectivity index (χ0v) is 11.1. The van der Waals surface area contributed by atoms with E-state index in [1.165, 1.54) is 6.42 Å². The molecule has 0 amide bonds. The molecule has 4 nitrogen and oxygen atoms in total. The molecule has 0 saturated heterocycles. The second kappa shape index (κ2) is 6.27. The van der Waals surface area contributed by atoms with E-state index in [-0.39, 0.29) is 6.42 Å². The van der Waals surface area contributed by atoms with Gasteiger partial charge in [-0.05, 0) is 30.2 Å². The molecule has 0 atom stereocenters. The molecule has 2 rings (SSSR count). The fraction of sp³-hybridized carbons (Fsp3) is 0.400. The number of fused-ring (bicyclic) bond motifs is 1. The van der Waals surface area contributed by atoms with Crippen LogP contribution in [-0.2, 0) is 11.2 Å². The van der Waals surface area contributed by atoms with E-state index in [2.05, 4.69) is 11.9 Å². The van der Waals surface area contributed by atoms with Gasteiger partial charge in [-0.3, -0.25) is 4.79 Å². The van der Waals surface area contributed by atoms with Crippen LogP contribution >= 0.6 is 0 Å². The van der Waals surface area contributed by atoms with Crippen LogP contribution in [-0.4, -0.2) is 22.7 Å². The Labute approximate surface area is 112 Å². The Morgan fingerprint density at radius 3 is 2.95 bits per heavy atom. The predicted octanol–water partition coefficient (Wildman–Crippen LogP) is 3.36. The number of aromatic amines is 1. The molecular weight excluding hydrogens is 242 g/mol. The lowest BCUT2D eigenvalue weighted by Crippen LogP contribution is -1.99. The van der Waals surface area contributed by atoms with Gasteiger partial charge in [0.2, 0.25) is 0 Å². The predicted molar refractivity (Wildman–Crippen MR) is 74.7 cm³/mol. The van der Waals surface area contributed by atoms with E-state index in [1.54, 1.807) is 6.20 Å². The van der Waals surface area contributed by atoms with Crippen molar-refractivity contribution in [1.29, 1.82) is 0 Å². The molecule has 102 valence electrons. The lowest BCUT2D eigenvalue weighted by atomic mass is 10.1. The molecule has 0 spiro atoms. The maximum Gasteiger partial charge on any atom is 0.307 e. The Bertz CT molecular complexity index is 560. The molecule has 2 aromatic rings. The first-order chi connectivity index (χ1) is 9.20. The van der Waals surface area contributed by atoms with Gasteiger partial charge in [-0.25, -0.2) is 0 Å². The summed E-state index contributed by atoms with van der Waals surface area (Å²) in [5.74, 6) is -0.0231. The third-order valence-electron chi connectivity index (χ3n) is 3.10. The van der Waals surface area contributed by atoms with E-state index in [0.717, 1.165) is 35.1 Å². The van der Waals surface area contributed by atoms with Crippen molar-refractivity contribution in [2.24, 2.45) is 0 Å². The maximum absolute atomic E-state index is 10.8. The van der Waals surface area contributed by atoms with Crippen molar-refractivity contribution in [3.8, 4) is 5.75 Å². The number of benzene rings is 1. The van der Waals surface area contributed by atoms with Crippen molar-refractivity contribution in [2.45, 2.75) is 32.6 Å². The molecule has 0 aliphatic carbocycles. The fourth-order valence-corrected chi connectivity index (χ4v) is 2.10. The largest absolute Gasteiger partial charge is 0.494 e. The van der Waals surface area contributed by atoms with Crippen LogP contribution in [0.1, 0.15) is 31.7 Å². The molecule has 1 aromatic heterocycles. The molecule has 1 heterocycles. The van der Waals surface area contributed by atoms with Gasteiger partial charge in [0.05, 0.1) is 13.0 Å². The minimum Gasteiger partial charge on any atom is -0.494 e. The number of hydrogen-bond acceptors (Lipinski definition) is 2. The Morgan fingerprint density at radius 2 is 2.21 bits per heavy atom. The third kappa shape index (κ3) is 3.50. The van der Waals surface area contributed by atoms with Crippen LogP contribution in [0, 0.1) is 0 Å². The highest BCUT2D eigenvalue weighted by atomic mass is 16.5. The summed E-state index contributed by atoms with van der Waals surface area (Å²) in [6, 6.07) is 5.75. The molecular formula is C15H19NO3. The normalized spacial score (nSPS) is 10.8. The number of carbonyl (C=O) groups is 1. The van der Waals surface area contributed by atoms with Crippen molar-refractivity contribution >= 4 is 16.9 Å². The van der Waals surface area contributed by atoms with Crippen LogP contribution in [0.5, 0.6) is 5.75 Å². The average molecular weight is 261 g/mol. The van der Waals surface area contributed by atoms with Crippen molar-refractivity contribution < 1.29 is 14.6 Å². The molecule has 0 unspecified atom stereocenters. The zero-order chi connectivity index (χ0) is 13.7. The molecule has 2 N–H and O–H groups in total. The van der Waals surface area contributed by atoms with Crippen LogP contribution in [0.3, 0.4) is 0 Å². The number of nitrogens with one attached hydrogen (secondary N) is 1. The summed E-state index contributed by atoms with van der Waals surface area (Å²) in [7, 11) is 0. The lowest BCUT2D eigenvalue weighted by Gasteiger charge is -2.06. The van der Waals surface area contributed by atoms with Crippen molar-refractivity contribution in [3.05, 3.63) is 30.0 Å². The molecule has 4 heteroatoms. The van der Waals surface area contributed by atoms with Gasteiger partial charge in [0.1, 0.15) is 5.75 Å². The highest BCUT2D eigenvalue weighted by molar-refractivity contribution is 5.87. The summed E-state index contributed by atoms with van der Waals surface area (Å²) in [4.78, 5) is 13.9. The molecule has 0 bridgehead atoms. The minimum atomic E-state index is -0.824. The molecule has 0 fully saturated rings. The Morgan fingerprint density at radius 1 is 1.37 bits per heavy atom. The van der Waals surface area contributed by atoms with Gasteiger partial charge < -0.3 is 14.8 Å². The highest BCUT2D eigenvalue weighted by Crippen LogP contribution is 2.24. The van der Waals surface area contributed by atoms with Crippen molar-refractivity contribution in [1.82, 2.24) is 4.98 Å². The number of hydrogen-bond donors (Lipinski definition) is 2. The monoisotopic (exact) mass is 261 g/mol. The van der Waals surface area contributed by atoms with Crippen molar-refractivity contribution in [3.63, 3.8) is 0 Å². The molecule has 0 saturated carbocycles. The fourth-order valence-electron chi connectivity index (χ4n) is 2.10. The van der Waals surface area contributed by atoms with Gasteiger partial charge in [-0.2, -0.15) is 0 Å². The number of ether oxygens (including phenoxy) is 1. The minimum absolute atomic E-state index is 0.0271. The smallest absolute Gasteiger partial charge is 0.307 e. The Balaban J connectivity index is 2.11. The summed E-state index contributed by atoms with van der Waals surface area (Å²) in [5, 5.41) is 9.80. The van der Waals surface area contributed by atoms with Gasteiger partial charge in [-0.15, -0.1) is 0 Å². The van der Waals surface area contributed by atoms with Gasteiger partial charge in [-0.1, -0.05) is 19.8 Å². The second-order valence-electron chi connectivity index (χ2n) is 4.65. The zero-order valence-electron chi connectivity index (χ0n) is 11.1. The summed E-state index contributed by atoms with van der Waals surface area (Å²) >= 11 is 0. The Hall–Kier alpha value is -1.97. The van der Waals surface area contributed by atoms with Crippen LogP contribution in [0.4, 0.5) is 0 Å². The topological polar surface area (TPSA) is 62.3 Å². The first-order valence-corrected chi connectivity index (χ1v) is 6.65. The lowest BCUT2D eigenvalue weighted by molar-refractivity contribution is -0.136. The molecule has 19 heavy (non-hydrogen) atoms. The van der Waals surface area contributed by atoms with Crippen molar-refractivity contribution in [2.75, 3.05) is 6.61 Å². The maximum atomic E-state index is 10.8. The van der Waals surface area contributed by atoms with Gasteiger partial charge in [0.15, 0.2) is 0 Å². The number of rotatable bonds is 7. The van der Waals surface area contributed by atoms with Crippen LogP contribution in [0.15, 0.2) is 24.4 Å². The quantitative estimate of drug-likeness (QED) is 0.751. The highest BCUT2D eigenvalue weighted by Gasteiger charge is 2.08. The van der Waals surface area contributed by atoms with Crippen LogP contribution in [0.25, 0.3) is 10.9 Å². The summed E-state index contributed by atoms with van der Waals surface area (Å²) in [5.41, 5.74) is 1.73. The SMILES string of the molecule is CCCCCOc1ccc2[nH]cc(CC(=O)O)c2c1. The molecule has 1 aromatic carbocycles. The summed E-state index contributed by atoms with van der Waals surface area (Å²) < 4.78 is 5.68. The number of unbranched alkanes of at least 4 members (excludes halogenated alkanes) is 2. The van der Waals surface area contributed by atoms with E-state index < -0.39 is 5.97 Å². The molecule has 0 aliphatic heterocycles. The van der Waals surface area contributed by atoms with Crippen LogP contribution in [0.2, 0.25) is 0 Å². The van der Waals surface area contributed by atoms with E-state index in [1.807, 2.05) is 18.2 Å². The first kappa shape index (κ1) is 13.5. The molecule has 0 aliphatic rings. The number of carboxylic acid groups (broad SMARTS) is 1.